The molecule has 1 aromatic heterocycles. The second-order valence-corrected chi connectivity index (χ2v) is 6.51. The van der Waals surface area contributed by atoms with Gasteiger partial charge in [0.2, 0.25) is 5.91 Å². The zero-order valence-electron chi connectivity index (χ0n) is 12.2. The molecule has 0 aromatic carbocycles. The van der Waals surface area contributed by atoms with Crippen LogP contribution in [0.15, 0.2) is 0 Å². The Morgan fingerprint density at radius 1 is 1.20 bits per heavy atom. The van der Waals surface area contributed by atoms with E-state index in [1.165, 1.54) is 32.1 Å². The average molecular weight is 274 g/mol. The predicted molar refractivity (Wildman–Crippen MR) is 77.8 cm³/mol. The Balaban J connectivity index is 1.83. The molecule has 1 aromatic rings. The monoisotopic (exact) mass is 274 g/mol. The van der Waals surface area contributed by atoms with Crippen molar-refractivity contribution in [1.82, 2.24) is 9.78 Å². The van der Waals surface area contributed by atoms with Gasteiger partial charge in [-0.05, 0) is 38.5 Å². The van der Waals surface area contributed by atoms with Crippen LogP contribution in [-0.2, 0) is 11.8 Å². The van der Waals surface area contributed by atoms with E-state index in [1.54, 1.807) is 0 Å². The lowest BCUT2D eigenvalue weighted by Crippen LogP contribution is -2.59. The molecule has 20 heavy (non-hydrogen) atoms. The molecular formula is C15H22N4O. The lowest BCUT2D eigenvalue weighted by Gasteiger charge is -2.50. The summed E-state index contributed by atoms with van der Waals surface area (Å²) < 4.78 is 1.95. The summed E-state index contributed by atoms with van der Waals surface area (Å²) in [5.41, 5.74) is 1.85. The van der Waals surface area contributed by atoms with Gasteiger partial charge in [0, 0.05) is 13.1 Å². The largest absolute Gasteiger partial charge is 0.340 e. The highest BCUT2D eigenvalue weighted by atomic mass is 16.2. The zero-order chi connectivity index (χ0) is 13.9. The van der Waals surface area contributed by atoms with Crippen molar-refractivity contribution in [1.29, 1.82) is 0 Å². The van der Waals surface area contributed by atoms with Crippen molar-refractivity contribution in [2.75, 3.05) is 10.2 Å². The van der Waals surface area contributed by atoms with Crippen LogP contribution in [0.4, 0.5) is 11.5 Å². The Morgan fingerprint density at radius 2 is 2.00 bits per heavy atom. The van der Waals surface area contributed by atoms with Gasteiger partial charge in [0.1, 0.15) is 11.7 Å². The number of hydrogen-bond donors (Lipinski definition) is 1. The van der Waals surface area contributed by atoms with Crippen molar-refractivity contribution < 1.29 is 4.79 Å². The van der Waals surface area contributed by atoms with Crippen molar-refractivity contribution in [2.45, 2.75) is 57.5 Å². The minimum Gasteiger partial charge on any atom is -0.340 e. The first kappa shape index (κ1) is 12.2. The summed E-state index contributed by atoms with van der Waals surface area (Å²) in [6.07, 6.45) is 7.36. The fourth-order valence-corrected chi connectivity index (χ4v) is 4.49. The summed E-state index contributed by atoms with van der Waals surface area (Å²) in [4.78, 5) is 14.8. The average Bonchev–Trinajstić information content (AvgIpc) is 2.73. The van der Waals surface area contributed by atoms with E-state index in [-0.39, 0.29) is 11.9 Å². The van der Waals surface area contributed by atoms with Gasteiger partial charge < -0.3 is 10.2 Å². The van der Waals surface area contributed by atoms with Gasteiger partial charge in [0.05, 0.1) is 5.69 Å². The molecule has 1 N–H and O–H groups in total. The first-order valence-electron chi connectivity index (χ1n) is 7.79. The highest BCUT2D eigenvalue weighted by molar-refractivity contribution is 6.03. The third-order valence-corrected chi connectivity index (χ3v) is 5.36. The Kier molecular flexibility index (Phi) is 2.59. The van der Waals surface area contributed by atoms with Crippen LogP contribution in [0, 0.1) is 12.8 Å². The summed E-state index contributed by atoms with van der Waals surface area (Å²) in [6, 6.07) is 0.541. The molecule has 5 heteroatoms. The smallest absolute Gasteiger partial charge is 0.247 e. The number of fused-ring (bicyclic) bond motifs is 5. The van der Waals surface area contributed by atoms with Gasteiger partial charge in [0.25, 0.3) is 0 Å². The molecule has 3 heterocycles. The van der Waals surface area contributed by atoms with Crippen LogP contribution in [0.25, 0.3) is 0 Å². The molecule has 0 spiro atoms. The van der Waals surface area contributed by atoms with Crippen LogP contribution in [0.1, 0.15) is 44.2 Å². The molecule has 1 amide bonds. The zero-order valence-corrected chi connectivity index (χ0v) is 12.2. The fraction of sp³-hybridized carbons (Fsp3) is 0.733. The molecule has 3 aliphatic rings. The summed E-state index contributed by atoms with van der Waals surface area (Å²) in [6.45, 7) is 1.97. The van der Waals surface area contributed by atoms with Crippen LogP contribution < -0.4 is 10.2 Å². The van der Waals surface area contributed by atoms with E-state index in [4.69, 9.17) is 0 Å². The molecule has 2 fully saturated rings. The maximum absolute atomic E-state index is 12.4. The maximum atomic E-state index is 12.4. The van der Waals surface area contributed by atoms with Gasteiger partial charge >= 0.3 is 0 Å². The van der Waals surface area contributed by atoms with E-state index in [1.807, 2.05) is 18.7 Å². The molecule has 3 unspecified atom stereocenters. The van der Waals surface area contributed by atoms with Crippen molar-refractivity contribution in [2.24, 2.45) is 13.0 Å². The number of nitrogens with zero attached hydrogens (tertiary/aromatic N) is 3. The Hall–Kier alpha value is -1.52. The Bertz CT molecular complexity index is 564. The predicted octanol–water partition coefficient (Wildman–Crippen LogP) is 2.21. The molecule has 2 aliphatic heterocycles. The number of aromatic nitrogens is 2. The topological polar surface area (TPSA) is 50.2 Å². The Morgan fingerprint density at radius 3 is 2.85 bits per heavy atom. The fourth-order valence-electron chi connectivity index (χ4n) is 4.49. The van der Waals surface area contributed by atoms with Gasteiger partial charge in [-0.2, -0.15) is 5.10 Å². The number of carbonyl (C=O) groups excluding carboxylic acids is 1. The third-order valence-electron chi connectivity index (χ3n) is 5.36. The van der Waals surface area contributed by atoms with E-state index in [0.29, 0.717) is 6.04 Å². The van der Waals surface area contributed by atoms with Gasteiger partial charge in [-0.15, -0.1) is 0 Å². The quantitative estimate of drug-likeness (QED) is 0.789. The van der Waals surface area contributed by atoms with Gasteiger partial charge in [-0.1, -0.05) is 12.8 Å². The van der Waals surface area contributed by atoms with E-state index >= 15 is 0 Å². The van der Waals surface area contributed by atoms with Crippen molar-refractivity contribution in [3.8, 4) is 0 Å². The number of carbonyl (C=O) groups is 1. The number of nitrogens with one attached hydrogen (secondary N) is 1. The molecule has 108 valence electrons. The molecule has 1 saturated carbocycles. The summed E-state index contributed by atoms with van der Waals surface area (Å²) in [7, 11) is 1.99. The SMILES string of the molecule is Cc1nn(C)c2c1NC(=O)C1CCC3CCCCC3N21. The molecule has 0 bridgehead atoms. The number of amides is 1. The summed E-state index contributed by atoms with van der Waals surface area (Å²) in [5.74, 6) is 2.05. The van der Waals surface area contributed by atoms with Crippen molar-refractivity contribution >= 4 is 17.4 Å². The second-order valence-electron chi connectivity index (χ2n) is 6.51. The number of piperidine rings is 1. The van der Waals surface area contributed by atoms with E-state index in [0.717, 1.165) is 29.5 Å². The van der Waals surface area contributed by atoms with E-state index in [9.17, 15) is 4.79 Å². The molecule has 3 atom stereocenters. The highest BCUT2D eigenvalue weighted by Crippen LogP contribution is 2.45. The lowest BCUT2D eigenvalue weighted by molar-refractivity contribution is -0.118. The molecule has 1 saturated heterocycles. The lowest BCUT2D eigenvalue weighted by atomic mass is 9.75. The third kappa shape index (κ3) is 1.55. The standard InChI is InChI=1S/C15H22N4O/c1-9-13-15(18(2)17-9)19-11-6-4-3-5-10(11)7-8-12(19)14(20)16-13/h10-12H,3-8H2,1-2H3,(H,16,20). The first-order chi connectivity index (χ1) is 9.66. The normalized spacial score (nSPS) is 32.2. The minimum atomic E-state index is 0.0108. The van der Waals surface area contributed by atoms with E-state index in [2.05, 4.69) is 15.3 Å². The van der Waals surface area contributed by atoms with Gasteiger partial charge in [0.15, 0.2) is 5.82 Å². The van der Waals surface area contributed by atoms with Crippen molar-refractivity contribution in [3.05, 3.63) is 5.69 Å². The van der Waals surface area contributed by atoms with E-state index < -0.39 is 0 Å². The minimum absolute atomic E-state index is 0.0108. The van der Waals surface area contributed by atoms with Crippen molar-refractivity contribution in [3.63, 3.8) is 0 Å². The molecule has 1 aliphatic carbocycles. The second kappa shape index (κ2) is 4.24. The number of anilines is 2. The Labute approximate surface area is 119 Å². The van der Waals surface area contributed by atoms with Crippen LogP contribution in [0.2, 0.25) is 0 Å². The first-order valence-corrected chi connectivity index (χ1v) is 7.79. The summed E-state index contributed by atoms with van der Waals surface area (Å²) >= 11 is 0. The molecule has 4 rings (SSSR count). The van der Waals surface area contributed by atoms with Crippen LogP contribution in [-0.4, -0.2) is 27.8 Å². The maximum Gasteiger partial charge on any atom is 0.247 e. The number of rotatable bonds is 0. The van der Waals surface area contributed by atoms with Crippen LogP contribution in [0.3, 0.4) is 0 Å². The molecule has 5 nitrogen and oxygen atoms in total. The van der Waals surface area contributed by atoms with Crippen LogP contribution in [0.5, 0.6) is 0 Å². The number of aryl methyl sites for hydroxylation is 2. The highest BCUT2D eigenvalue weighted by Gasteiger charge is 2.46. The van der Waals surface area contributed by atoms with Crippen LogP contribution >= 0.6 is 0 Å². The van der Waals surface area contributed by atoms with Gasteiger partial charge in [-0.25, -0.2) is 0 Å². The van der Waals surface area contributed by atoms with Gasteiger partial charge in [-0.3, -0.25) is 9.48 Å². The molecular weight excluding hydrogens is 252 g/mol. The number of hydrogen-bond acceptors (Lipinski definition) is 3. The molecule has 0 radical (unpaired) electrons. The summed E-state index contributed by atoms with van der Waals surface area (Å²) in [5, 5.41) is 7.60.